The summed E-state index contributed by atoms with van der Waals surface area (Å²) in [5.74, 6) is 4.01. The highest BCUT2D eigenvalue weighted by molar-refractivity contribution is 5.91. The van der Waals surface area contributed by atoms with Crippen LogP contribution in [-0.4, -0.2) is 24.9 Å². The van der Waals surface area contributed by atoms with E-state index in [1.807, 2.05) is 12.4 Å². The summed E-state index contributed by atoms with van der Waals surface area (Å²) in [6, 6.07) is 10.8. The molecule has 162 valence electrons. The summed E-state index contributed by atoms with van der Waals surface area (Å²) in [7, 11) is 0. The molecule has 2 atom stereocenters. The van der Waals surface area contributed by atoms with Crippen LogP contribution < -0.4 is 0 Å². The molecule has 0 aliphatic heterocycles. The number of nitrogens with one attached hydrogen (secondary N) is 1. The lowest BCUT2D eigenvalue weighted by atomic mass is 9.58. The number of aryl methyl sites for hydroxylation is 1. The van der Waals surface area contributed by atoms with Crippen LogP contribution >= 0.6 is 0 Å². The van der Waals surface area contributed by atoms with Crippen LogP contribution in [0.5, 0.6) is 0 Å². The van der Waals surface area contributed by atoms with Gasteiger partial charge in [0, 0.05) is 34.6 Å². The molecule has 0 spiro atoms. The number of aromatic amines is 1. The van der Waals surface area contributed by atoms with Crippen LogP contribution in [0.15, 0.2) is 49.1 Å². The zero-order valence-electron chi connectivity index (χ0n) is 18.8. The van der Waals surface area contributed by atoms with E-state index < -0.39 is 0 Å². The van der Waals surface area contributed by atoms with Gasteiger partial charge in [0.25, 0.3) is 0 Å². The smallest absolute Gasteiger partial charge is 0.162 e. The van der Waals surface area contributed by atoms with Gasteiger partial charge in [-0.05, 0) is 68.8 Å². The molecule has 5 nitrogen and oxygen atoms in total. The molecule has 4 aromatic rings. The van der Waals surface area contributed by atoms with E-state index in [1.165, 1.54) is 31.2 Å². The summed E-state index contributed by atoms with van der Waals surface area (Å²) in [6.07, 6.45) is 12.0. The molecule has 3 aliphatic carbocycles. The van der Waals surface area contributed by atoms with Crippen LogP contribution in [0.25, 0.3) is 33.7 Å². The Hall–Kier alpha value is -3.08. The van der Waals surface area contributed by atoms with Gasteiger partial charge in [0.05, 0.1) is 5.69 Å². The lowest BCUT2D eigenvalue weighted by Gasteiger charge is -2.47. The molecule has 1 N–H and O–H groups in total. The normalized spacial score (nSPS) is 24.8. The summed E-state index contributed by atoms with van der Waals surface area (Å²) in [5, 5.41) is 0.963. The lowest BCUT2D eigenvalue weighted by Crippen LogP contribution is -2.39. The van der Waals surface area contributed by atoms with E-state index in [9.17, 15) is 0 Å². The summed E-state index contributed by atoms with van der Waals surface area (Å²) in [4.78, 5) is 21.9. The predicted octanol–water partition coefficient (Wildman–Crippen LogP) is 6.01. The highest BCUT2D eigenvalue weighted by atomic mass is 14.9. The molecule has 0 unspecified atom stereocenters. The molecule has 0 saturated heterocycles. The fourth-order valence-corrected chi connectivity index (χ4v) is 6.11. The predicted molar refractivity (Wildman–Crippen MR) is 127 cm³/mol. The second-order valence-corrected chi connectivity index (χ2v) is 9.82. The van der Waals surface area contributed by atoms with Gasteiger partial charge in [-0.25, -0.2) is 19.9 Å². The minimum atomic E-state index is 0.724. The number of nitrogens with zero attached hydrogens (tertiary/aromatic N) is 4. The molecule has 1 aromatic carbocycles. The first-order valence-electron chi connectivity index (χ1n) is 11.9. The van der Waals surface area contributed by atoms with Crippen molar-refractivity contribution in [1.29, 1.82) is 0 Å². The number of hydrogen-bond acceptors (Lipinski definition) is 4. The molecule has 3 aromatic heterocycles. The third kappa shape index (κ3) is 3.40. The molecule has 7 rings (SSSR count). The van der Waals surface area contributed by atoms with E-state index >= 15 is 0 Å². The molecule has 3 saturated carbocycles. The van der Waals surface area contributed by atoms with E-state index in [1.54, 1.807) is 6.33 Å². The third-order valence-corrected chi connectivity index (χ3v) is 8.01. The Morgan fingerprint density at radius 2 is 1.78 bits per heavy atom. The van der Waals surface area contributed by atoms with Crippen LogP contribution in [0, 0.1) is 30.6 Å². The zero-order chi connectivity index (χ0) is 21.7. The van der Waals surface area contributed by atoms with Crippen molar-refractivity contribution in [2.45, 2.75) is 46.0 Å². The fraction of sp³-hybridized carbons (Fsp3) is 0.407. The second-order valence-electron chi connectivity index (χ2n) is 9.82. The number of H-pyrrole nitrogens is 1. The van der Waals surface area contributed by atoms with Crippen molar-refractivity contribution in [1.82, 2.24) is 24.9 Å². The van der Waals surface area contributed by atoms with E-state index in [2.05, 4.69) is 59.1 Å². The molecule has 3 heterocycles. The molecule has 3 aliphatic rings. The average Bonchev–Trinajstić information content (AvgIpc) is 3.26. The Kier molecular flexibility index (Phi) is 4.78. The molecule has 32 heavy (non-hydrogen) atoms. The fourth-order valence-electron chi connectivity index (χ4n) is 6.11. The van der Waals surface area contributed by atoms with Crippen molar-refractivity contribution in [2.24, 2.45) is 23.7 Å². The van der Waals surface area contributed by atoms with Gasteiger partial charge in [-0.15, -0.1) is 0 Å². The number of fused-ring (bicyclic) bond motifs is 4. The zero-order valence-corrected chi connectivity index (χ0v) is 18.8. The Morgan fingerprint density at radius 3 is 2.56 bits per heavy atom. The van der Waals surface area contributed by atoms with Gasteiger partial charge < -0.3 is 4.98 Å². The minimum absolute atomic E-state index is 0.724. The number of aromatic nitrogens is 5. The maximum absolute atomic E-state index is 5.09. The highest BCUT2D eigenvalue weighted by Crippen LogP contribution is 2.49. The molecule has 0 radical (unpaired) electrons. The van der Waals surface area contributed by atoms with E-state index in [-0.39, 0.29) is 0 Å². The van der Waals surface area contributed by atoms with Gasteiger partial charge in [-0.3, -0.25) is 0 Å². The lowest BCUT2D eigenvalue weighted by molar-refractivity contribution is 0.0339. The quantitative estimate of drug-likeness (QED) is 0.437. The maximum Gasteiger partial charge on any atom is 0.162 e. The number of benzene rings is 1. The summed E-state index contributed by atoms with van der Waals surface area (Å²) in [5.41, 5.74) is 6.32. The Morgan fingerprint density at radius 1 is 1.00 bits per heavy atom. The van der Waals surface area contributed by atoms with Crippen molar-refractivity contribution in [2.75, 3.05) is 0 Å². The molecule has 0 amide bonds. The van der Waals surface area contributed by atoms with Crippen molar-refractivity contribution < 1.29 is 0 Å². The topological polar surface area (TPSA) is 67.3 Å². The van der Waals surface area contributed by atoms with Gasteiger partial charge in [0.2, 0.25) is 0 Å². The minimum Gasteiger partial charge on any atom is -0.345 e. The Balaban J connectivity index is 1.44. The van der Waals surface area contributed by atoms with E-state index in [0.29, 0.717) is 0 Å². The average molecular weight is 424 g/mol. The van der Waals surface area contributed by atoms with Gasteiger partial charge in [0.15, 0.2) is 5.82 Å². The van der Waals surface area contributed by atoms with E-state index in [0.717, 1.165) is 69.5 Å². The van der Waals surface area contributed by atoms with Crippen molar-refractivity contribution >= 4 is 11.0 Å². The van der Waals surface area contributed by atoms with Crippen LogP contribution in [0.4, 0.5) is 0 Å². The van der Waals surface area contributed by atoms with Crippen molar-refractivity contribution in [3.05, 3.63) is 60.3 Å². The van der Waals surface area contributed by atoms with Gasteiger partial charge >= 0.3 is 0 Å². The Bertz CT molecular complexity index is 1250. The number of rotatable bonds is 4. The first-order chi connectivity index (χ1) is 15.7. The van der Waals surface area contributed by atoms with Gasteiger partial charge in [-0.1, -0.05) is 36.8 Å². The number of hydrogen-bond donors (Lipinski definition) is 1. The first-order valence-corrected chi connectivity index (χ1v) is 11.9. The van der Waals surface area contributed by atoms with Gasteiger partial charge in [0.1, 0.15) is 12.0 Å². The third-order valence-electron chi connectivity index (χ3n) is 8.01. The Labute approximate surface area is 188 Å². The van der Waals surface area contributed by atoms with Crippen LogP contribution in [0.2, 0.25) is 0 Å². The van der Waals surface area contributed by atoms with Crippen LogP contribution in [0.1, 0.15) is 43.9 Å². The standard InChI is InChI=1S/C27H29N5/c1-16-3-5-20(6-4-16)25-12-21(11-22-17(2)18-7-9-19(22)10-8-18)31-27(32-25)24-14-29-26-23(24)13-28-15-30-26/h3-6,12-15,17-19,22H,7-11H2,1-2H3,(H,28,29,30)/t17-,18?,19?,22+/m1/s1. The first kappa shape index (κ1) is 19.6. The maximum atomic E-state index is 5.09. The largest absolute Gasteiger partial charge is 0.345 e. The second kappa shape index (κ2) is 7.80. The molecular formula is C27H29N5. The summed E-state index contributed by atoms with van der Waals surface area (Å²) in [6.45, 7) is 4.59. The van der Waals surface area contributed by atoms with Crippen LogP contribution in [0.3, 0.4) is 0 Å². The molecule has 2 bridgehead atoms. The van der Waals surface area contributed by atoms with Crippen molar-refractivity contribution in [3.63, 3.8) is 0 Å². The molecular weight excluding hydrogens is 394 g/mol. The molecule has 5 heteroatoms. The monoisotopic (exact) mass is 423 g/mol. The summed E-state index contributed by atoms with van der Waals surface area (Å²) < 4.78 is 0. The van der Waals surface area contributed by atoms with Crippen molar-refractivity contribution in [3.8, 4) is 22.6 Å². The van der Waals surface area contributed by atoms with Gasteiger partial charge in [-0.2, -0.15) is 0 Å². The summed E-state index contributed by atoms with van der Waals surface area (Å²) >= 11 is 0. The highest BCUT2D eigenvalue weighted by Gasteiger charge is 2.41. The van der Waals surface area contributed by atoms with Crippen LogP contribution in [-0.2, 0) is 6.42 Å². The SMILES string of the molecule is Cc1ccc(-c2cc(C[C@@H]3C4CCC(CC4)[C@H]3C)nc(-c3c[nH]c4ncncc34)n2)cc1. The van der Waals surface area contributed by atoms with E-state index in [4.69, 9.17) is 9.97 Å². The molecule has 3 fully saturated rings.